The summed E-state index contributed by atoms with van der Waals surface area (Å²) in [6.45, 7) is 10.6. The highest BCUT2D eigenvalue weighted by molar-refractivity contribution is 6.31. The fourth-order valence-corrected chi connectivity index (χ4v) is 6.43. The highest BCUT2D eigenvalue weighted by Gasteiger charge is 2.31. The van der Waals surface area contributed by atoms with Gasteiger partial charge in [-0.15, -0.1) is 0 Å². The third kappa shape index (κ3) is 6.89. The van der Waals surface area contributed by atoms with Crippen molar-refractivity contribution in [2.45, 2.75) is 38.9 Å². The van der Waals surface area contributed by atoms with E-state index in [0.29, 0.717) is 55.5 Å². The van der Waals surface area contributed by atoms with Crippen LogP contribution in [-0.2, 0) is 11.3 Å². The van der Waals surface area contributed by atoms with Gasteiger partial charge in [-0.1, -0.05) is 17.7 Å². The molecule has 2 fully saturated rings. The van der Waals surface area contributed by atoms with Gasteiger partial charge in [0.05, 0.1) is 29.5 Å². The van der Waals surface area contributed by atoms with Crippen molar-refractivity contribution in [2.75, 3.05) is 74.6 Å². The van der Waals surface area contributed by atoms with Crippen molar-refractivity contribution >= 4 is 46.0 Å². The Bertz CT molecular complexity index is 1590. The smallest absolute Gasteiger partial charge is 0.348 e. The molecular weight excluding hydrogens is 615 g/mol. The van der Waals surface area contributed by atoms with E-state index < -0.39 is 10.6 Å². The SMILES string of the molecule is C[C@@H]1CN(c2cc(F)c(C3=CCCN(c4ncc(CN5CCOCC5)cn4)C3)cc2Nc2ncnc(Cl)c2[N+](=O)[O-])C[C@H](C)N1C. The van der Waals surface area contributed by atoms with Crippen LogP contribution in [0.15, 0.2) is 36.9 Å². The number of benzene rings is 1. The van der Waals surface area contributed by atoms with Crippen molar-refractivity contribution < 1.29 is 14.1 Å². The van der Waals surface area contributed by atoms with Crippen molar-refractivity contribution in [3.8, 4) is 0 Å². The number of anilines is 4. The summed E-state index contributed by atoms with van der Waals surface area (Å²) in [6, 6.07) is 3.63. The standard InChI is InChI=1S/C31H38ClFN10O3/c1-20-15-42(16-21(2)39(20)3)27-12-25(33)24(11-26(27)38-30-28(43(44)45)29(32)36-19-37-30)23-5-4-6-41(18-23)31-34-13-22(14-35-31)17-40-7-9-46-10-8-40/h5,11-14,19-21H,4,6-10,15-18H2,1-3H3,(H,36,37,38)/t20-,21+. The molecule has 1 aromatic carbocycles. The molecule has 2 atom stereocenters. The van der Waals surface area contributed by atoms with Crippen molar-refractivity contribution in [1.82, 2.24) is 29.7 Å². The Kier molecular flexibility index (Phi) is 9.59. The molecule has 0 aliphatic carbocycles. The van der Waals surface area contributed by atoms with Gasteiger partial charge in [0.2, 0.25) is 16.9 Å². The molecule has 3 aromatic rings. The first-order valence-corrected chi connectivity index (χ1v) is 15.8. The largest absolute Gasteiger partial charge is 0.379 e. The molecular formula is C31H38ClFN10O3. The van der Waals surface area contributed by atoms with Gasteiger partial charge in [0.25, 0.3) is 0 Å². The van der Waals surface area contributed by atoms with Crippen LogP contribution in [0.5, 0.6) is 0 Å². The summed E-state index contributed by atoms with van der Waals surface area (Å²) >= 11 is 6.10. The van der Waals surface area contributed by atoms with Crippen LogP contribution in [0.1, 0.15) is 31.4 Å². The molecule has 3 aliphatic heterocycles. The number of nitrogens with zero attached hydrogens (tertiary/aromatic N) is 9. The quantitative estimate of drug-likeness (QED) is 0.211. The summed E-state index contributed by atoms with van der Waals surface area (Å²) in [7, 11) is 2.07. The Labute approximate surface area is 272 Å². The monoisotopic (exact) mass is 652 g/mol. The maximum Gasteiger partial charge on any atom is 0.348 e. The molecule has 6 rings (SSSR count). The Balaban J connectivity index is 1.29. The summed E-state index contributed by atoms with van der Waals surface area (Å²) in [6.07, 6.45) is 7.57. The summed E-state index contributed by atoms with van der Waals surface area (Å²) in [5.74, 6) is 0.132. The maximum absolute atomic E-state index is 16.1. The molecule has 0 bridgehead atoms. The van der Waals surface area contributed by atoms with Gasteiger partial charge in [0.1, 0.15) is 12.1 Å². The van der Waals surface area contributed by atoms with Gasteiger partial charge in [-0.3, -0.25) is 19.9 Å². The minimum Gasteiger partial charge on any atom is -0.379 e. The third-order valence-electron chi connectivity index (χ3n) is 8.98. The van der Waals surface area contributed by atoms with E-state index in [-0.39, 0.29) is 28.9 Å². The first-order valence-electron chi connectivity index (χ1n) is 15.5. The average molecular weight is 653 g/mol. The van der Waals surface area contributed by atoms with Crippen LogP contribution < -0.4 is 15.1 Å². The van der Waals surface area contributed by atoms with E-state index in [1.54, 1.807) is 6.07 Å². The van der Waals surface area contributed by atoms with E-state index in [1.807, 2.05) is 23.4 Å². The van der Waals surface area contributed by atoms with Crippen molar-refractivity contribution in [1.29, 1.82) is 0 Å². The first-order chi connectivity index (χ1) is 22.2. The molecule has 5 heterocycles. The van der Waals surface area contributed by atoms with Gasteiger partial charge in [-0.05, 0) is 45.0 Å². The highest BCUT2D eigenvalue weighted by atomic mass is 35.5. The number of nitro groups is 1. The molecule has 2 saturated heterocycles. The van der Waals surface area contributed by atoms with Crippen molar-refractivity contribution in [3.05, 3.63) is 69.1 Å². The normalized spacial score (nSPS) is 21.3. The van der Waals surface area contributed by atoms with Crippen molar-refractivity contribution in [2.24, 2.45) is 0 Å². The zero-order valence-electron chi connectivity index (χ0n) is 26.2. The molecule has 1 N–H and O–H groups in total. The van der Waals surface area contributed by atoms with Crippen LogP contribution in [0.2, 0.25) is 5.15 Å². The number of rotatable bonds is 8. The van der Waals surface area contributed by atoms with Gasteiger partial charge < -0.3 is 19.9 Å². The molecule has 0 unspecified atom stereocenters. The van der Waals surface area contributed by atoms with E-state index in [4.69, 9.17) is 16.3 Å². The number of piperazine rings is 1. The number of morpholine rings is 1. The summed E-state index contributed by atoms with van der Waals surface area (Å²) in [5, 5.41) is 14.7. The molecule has 244 valence electrons. The van der Waals surface area contributed by atoms with Gasteiger partial charge >= 0.3 is 5.69 Å². The average Bonchev–Trinajstić information content (AvgIpc) is 3.05. The van der Waals surface area contributed by atoms with Crippen LogP contribution in [0.25, 0.3) is 5.57 Å². The summed E-state index contributed by atoms with van der Waals surface area (Å²) in [5.41, 5.74) is 2.82. The second kappa shape index (κ2) is 13.8. The molecule has 0 amide bonds. The number of aromatic nitrogens is 4. The lowest BCUT2D eigenvalue weighted by Crippen LogP contribution is -2.55. The fraction of sp³-hybridized carbons (Fsp3) is 0.484. The minimum atomic E-state index is -0.622. The first kappa shape index (κ1) is 32.0. The molecule has 0 spiro atoms. The van der Waals surface area contributed by atoms with Crippen molar-refractivity contribution in [3.63, 3.8) is 0 Å². The van der Waals surface area contributed by atoms with Crippen LogP contribution >= 0.6 is 11.6 Å². The number of halogens is 2. The van der Waals surface area contributed by atoms with Gasteiger partial charge in [-0.2, -0.15) is 0 Å². The van der Waals surface area contributed by atoms with Gasteiger partial charge in [0, 0.05) is 81.4 Å². The van der Waals surface area contributed by atoms with E-state index in [9.17, 15) is 10.1 Å². The summed E-state index contributed by atoms with van der Waals surface area (Å²) < 4.78 is 21.6. The number of hydrogen-bond donors (Lipinski definition) is 1. The van der Waals surface area contributed by atoms with E-state index >= 15 is 4.39 Å². The second-order valence-corrected chi connectivity index (χ2v) is 12.4. The Morgan fingerprint density at radius 2 is 1.78 bits per heavy atom. The Hall–Kier alpha value is -3.98. The van der Waals surface area contributed by atoms with Crippen LogP contribution in [-0.4, -0.2) is 106 Å². The molecule has 15 heteroatoms. The van der Waals surface area contributed by atoms with Crippen LogP contribution in [0.4, 0.5) is 33.2 Å². The number of likely N-dealkylation sites (N-methyl/N-ethyl adjacent to an activating group) is 1. The zero-order valence-corrected chi connectivity index (χ0v) is 27.0. The molecule has 3 aliphatic rings. The third-order valence-corrected chi connectivity index (χ3v) is 9.26. The minimum absolute atomic E-state index is 0.0659. The van der Waals surface area contributed by atoms with Gasteiger partial charge in [0.15, 0.2) is 0 Å². The molecule has 46 heavy (non-hydrogen) atoms. The van der Waals surface area contributed by atoms with Gasteiger partial charge in [-0.25, -0.2) is 24.3 Å². The van der Waals surface area contributed by atoms with Crippen LogP contribution in [0.3, 0.4) is 0 Å². The molecule has 0 radical (unpaired) electrons. The topological polar surface area (TPSA) is 129 Å². The lowest BCUT2D eigenvalue weighted by Gasteiger charge is -2.44. The van der Waals surface area contributed by atoms with E-state index in [2.05, 4.69) is 60.8 Å². The van der Waals surface area contributed by atoms with E-state index in [0.717, 1.165) is 50.3 Å². The predicted octanol–water partition coefficient (Wildman–Crippen LogP) is 4.37. The Morgan fingerprint density at radius 3 is 2.48 bits per heavy atom. The molecule has 13 nitrogen and oxygen atoms in total. The lowest BCUT2D eigenvalue weighted by atomic mass is 9.98. The highest BCUT2D eigenvalue weighted by Crippen LogP contribution is 2.39. The lowest BCUT2D eigenvalue weighted by molar-refractivity contribution is -0.384. The molecule has 2 aromatic heterocycles. The fourth-order valence-electron chi connectivity index (χ4n) is 6.23. The zero-order chi connectivity index (χ0) is 32.4. The van der Waals surface area contributed by atoms with Crippen LogP contribution in [0, 0.1) is 15.9 Å². The summed E-state index contributed by atoms with van der Waals surface area (Å²) in [4.78, 5) is 37.2. The molecule has 0 saturated carbocycles. The second-order valence-electron chi connectivity index (χ2n) is 12.1. The predicted molar refractivity (Wildman–Crippen MR) is 175 cm³/mol. The number of hydrogen-bond acceptors (Lipinski definition) is 12. The number of nitrogens with one attached hydrogen (secondary N) is 1. The Morgan fingerprint density at radius 1 is 1.07 bits per heavy atom. The number of ether oxygens (including phenoxy) is 1. The maximum atomic E-state index is 16.1. The van der Waals surface area contributed by atoms with E-state index in [1.165, 1.54) is 6.07 Å².